The van der Waals surface area contributed by atoms with Crippen LogP contribution in [-0.2, 0) is 0 Å². The van der Waals surface area contributed by atoms with Crippen LogP contribution in [-0.4, -0.2) is 30.9 Å². The van der Waals surface area contributed by atoms with E-state index in [1.807, 2.05) is 43.3 Å². The molecule has 2 aromatic carbocycles. The van der Waals surface area contributed by atoms with Gasteiger partial charge in [0.1, 0.15) is 12.3 Å². The Bertz CT molecular complexity index is 526. The average molecular weight is 286 g/mol. The molecule has 0 fully saturated rings. The van der Waals surface area contributed by atoms with Crippen molar-refractivity contribution in [2.75, 3.05) is 19.7 Å². The van der Waals surface area contributed by atoms with E-state index >= 15 is 0 Å². The van der Waals surface area contributed by atoms with E-state index in [0.717, 1.165) is 30.8 Å². The Labute approximate surface area is 126 Å². The molecule has 0 aromatic heterocycles. The van der Waals surface area contributed by atoms with Gasteiger partial charge in [0.05, 0.1) is 19.3 Å². The Hall–Kier alpha value is -1.84. The van der Waals surface area contributed by atoms with E-state index in [9.17, 15) is 5.11 Å². The predicted molar refractivity (Wildman–Crippen MR) is 85.3 cm³/mol. The van der Waals surface area contributed by atoms with Crippen LogP contribution in [0, 0.1) is 0 Å². The van der Waals surface area contributed by atoms with Crippen LogP contribution in [0.15, 0.2) is 54.6 Å². The van der Waals surface area contributed by atoms with E-state index in [-0.39, 0.29) is 6.10 Å². The van der Waals surface area contributed by atoms with Crippen LogP contribution < -0.4 is 10.1 Å². The summed E-state index contributed by atoms with van der Waals surface area (Å²) in [5.74, 6) is 0.930. The number of nitrogens with two attached hydrogens (primary N) is 1. The third-order valence-corrected chi connectivity index (χ3v) is 3.29. The Morgan fingerprint density at radius 2 is 1.76 bits per heavy atom. The van der Waals surface area contributed by atoms with E-state index in [1.54, 1.807) is 0 Å². The Balaban J connectivity index is 1.87. The molecule has 0 heterocycles. The smallest absolute Gasteiger partial charge is 0.127 e. The van der Waals surface area contributed by atoms with E-state index in [4.69, 9.17) is 4.74 Å². The van der Waals surface area contributed by atoms with Crippen molar-refractivity contribution in [3.05, 3.63) is 54.6 Å². The highest BCUT2D eigenvalue weighted by Gasteiger charge is 2.05. The third-order valence-electron chi connectivity index (χ3n) is 3.29. The molecule has 3 heteroatoms. The highest BCUT2D eigenvalue weighted by atomic mass is 16.5. The topological polar surface area (TPSA) is 46.1 Å². The molecule has 112 valence electrons. The van der Waals surface area contributed by atoms with Gasteiger partial charge in [0.2, 0.25) is 0 Å². The van der Waals surface area contributed by atoms with Crippen molar-refractivity contribution in [2.45, 2.75) is 19.4 Å². The summed E-state index contributed by atoms with van der Waals surface area (Å²) in [6, 6.07) is 18.4. The number of aliphatic hydroxyl groups is 1. The fraction of sp³-hybridized carbons (Fsp3) is 0.333. The van der Waals surface area contributed by atoms with Crippen molar-refractivity contribution in [2.24, 2.45) is 0 Å². The fourth-order valence-electron chi connectivity index (χ4n) is 2.22. The van der Waals surface area contributed by atoms with Gasteiger partial charge in [-0.3, -0.25) is 0 Å². The maximum atomic E-state index is 9.19. The highest BCUT2D eigenvalue weighted by Crippen LogP contribution is 2.29. The van der Waals surface area contributed by atoms with Gasteiger partial charge in [0.15, 0.2) is 0 Å². The number of hydrogen-bond acceptors (Lipinski definition) is 2. The zero-order valence-electron chi connectivity index (χ0n) is 12.5. The lowest BCUT2D eigenvalue weighted by atomic mass is 10.1. The van der Waals surface area contributed by atoms with Crippen LogP contribution in [0.3, 0.4) is 0 Å². The summed E-state index contributed by atoms with van der Waals surface area (Å²) in [6.45, 7) is 4.22. The number of hydrogen-bond donors (Lipinski definition) is 2. The minimum absolute atomic E-state index is 0.246. The molecule has 0 amide bonds. The molecule has 2 rings (SSSR count). The molecule has 0 saturated heterocycles. The lowest BCUT2D eigenvalue weighted by Crippen LogP contribution is -2.86. The molecule has 0 spiro atoms. The normalized spacial score (nSPS) is 12.1. The van der Waals surface area contributed by atoms with Crippen molar-refractivity contribution in [3.63, 3.8) is 0 Å². The molecular weight excluding hydrogens is 262 g/mol. The van der Waals surface area contributed by atoms with Gasteiger partial charge >= 0.3 is 0 Å². The number of para-hydroxylation sites is 1. The first-order valence-corrected chi connectivity index (χ1v) is 7.54. The number of ether oxygens (including phenoxy) is 1. The van der Waals surface area contributed by atoms with Crippen molar-refractivity contribution in [3.8, 4) is 16.9 Å². The molecule has 21 heavy (non-hydrogen) atoms. The van der Waals surface area contributed by atoms with Crippen molar-refractivity contribution >= 4 is 0 Å². The van der Waals surface area contributed by atoms with Gasteiger partial charge in [-0.2, -0.15) is 0 Å². The standard InChI is InChI=1S/C18H23NO2/c1-15(20)14-19-12-7-13-21-18-11-6-5-10-17(18)16-8-3-2-4-9-16/h2-6,8-11,15,19-20H,7,12-14H2,1H3/p+1/t15-/m1/s1. The average Bonchev–Trinajstić information content (AvgIpc) is 2.52. The minimum Gasteiger partial charge on any atom is -0.493 e. The van der Waals surface area contributed by atoms with Gasteiger partial charge < -0.3 is 15.2 Å². The zero-order valence-corrected chi connectivity index (χ0v) is 12.5. The Kier molecular flexibility index (Phi) is 6.25. The molecule has 1 atom stereocenters. The molecule has 0 saturated carbocycles. The first kappa shape index (κ1) is 15.5. The molecule has 0 bridgehead atoms. The molecule has 2 aromatic rings. The lowest BCUT2D eigenvalue weighted by Gasteiger charge is -2.11. The summed E-state index contributed by atoms with van der Waals surface area (Å²) in [7, 11) is 0. The number of quaternary nitrogens is 1. The largest absolute Gasteiger partial charge is 0.493 e. The van der Waals surface area contributed by atoms with Crippen LogP contribution in [0.2, 0.25) is 0 Å². The third kappa shape index (κ3) is 5.21. The maximum absolute atomic E-state index is 9.19. The predicted octanol–water partition coefficient (Wildman–Crippen LogP) is 2.07. The molecule has 0 aliphatic rings. The number of rotatable bonds is 8. The summed E-state index contributed by atoms with van der Waals surface area (Å²) in [6.07, 6.45) is 0.722. The van der Waals surface area contributed by atoms with Crippen molar-refractivity contribution in [1.82, 2.24) is 0 Å². The first-order valence-electron chi connectivity index (χ1n) is 7.54. The molecule has 0 unspecified atom stereocenters. The van der Waals surface area contributed by atoms with Gasteiger partial charge in [-0.15, -0.1) is 0 Å². The monoisotopic (exact) mass is 286 g/mol. The van der Waals surface area contributed by atoms with E-state index in [2.05, 4.69) is 23.5 Å². The first-order chi connectivity index (χ1) is 10.3. The molecule has 0 aliphatic heterocycles. The number of aliphatic hydroxyl groups excluding tert-OH is 1. The summed E-state index contributed by atoms with van der Waals surface area (Å²) in [5, 5.41) is 11.3. The summed E-state index contributed by atoms with van der Waals surface area (Å²) >= 11 is 0. The number of benzene rings is 2. The second-order valence-electron chi connectivity index (χ2n) is 5.23. The Morgan fingerprint density at radius 1 is 1.05 bits per heavy atom. The van der Waals surface area contributed by atoms with E-state index in [1.165, 1.54) is 5.56 Å². The summed E-state index contributed by atoms with van der Waals surface area (Å²) < 4.78 is 5.92. The SMILES string of the molecule is C[C@@H](O)C[NH2+]CCCOc1ccccc1-c1ccccc1. The quantitative estimate of drug-likeness (QED) is 0.730. The van der Waals surface area contributed by atoms with E-state index in [0.29, 0.717) is 6.61 Å². The van der Waals surface area contributed by atoms with Crippen LogP contribution in [0.5, 0.6) is 5.75 Å². The molecule has 0 aliphatic carbocycles. The summed E-state index contributed by atoms with van der Waals surface area (Å²) in [4.78, 5) is 0. The van der Waals surface area contributed by atoms with Crippen LogP contribution in [0.1, 0.15) is 13.3 Å². The Morgan fingerprint density at radius 3 is 2.52 bits per heavy atom. The maximum Gasteiger partial charge on any atom is 0.127 e. The van der Waals surface area contributed by atoms with Gasteiger partial charge in [-0.1, -0.05) is 48.5 Å². The highest BCUT2D eigenvalue weighted by molar-refractivity contribution is 5.70. The molecule has 0 radical (unpaired) electrons. The second kappa shape index (κ2) is 8.45. The van der Waals surface area contributed by atoms with Crippen LogP contribution in [0.25, 0.3) is 11.1 Å². The minimum atomic E-state index is -0.246. The van der Waals surface area contributed by atoms with Crippen molar-refractivity contribution < 1.29 is 15.2 Å². The second-order valence-corrected chi connectivity index (χ2v) is 5.23. The van der Waals surface area contributed by atoms with E-state index < -0.39 is 0 Å². The van der Waals surface area contributed by atoms with Crippen molar-refractivity contribution in [1.29, 1.82) is 0 Å². The fourth-order valence-corrected chi connectivity index (χ4v) is 2.22. The summed E-state index contributed by atoms with van der Waals surface area (Å²) in [5.41, 5.74) is 2.31. The van der Waals surface area contributed by atoms with Crippen LogP contribution in [0.4, 0.5) is 0 Å². The van der Waals surface area contributed by atoms with Crippen LogP contribution >= 0.6 is 0 Å². The molecular formula is C18H24NO2+. The lowest BCUT2D eigenvalue weighted by molar-refractivity contribution is -0.660. The van der Waals surface area contributed by atoms with Gasteiger partial charge in [-0.25, -0.2) is 0 Å². The molecule has 3 N–H and O–H groups in total. The molecule has 3 nitrogen and oxygen atoms in total. The zero-order chi connectivity index (χ0) is 14.9. The van der Waals surface area contributed by atoms with Gasteiger partial charge in [-0.05, 0) is 18.6 Å². The van der Waals surface area contributed by atoms with Gasteiger partial charge in [0, 0.05) is 12.0 Å². The van der Waals surface area contributed by atoms with Gasteiger partial charge in [0.25, 0.3) is 0 Å².